The van der Waals surface area contributed by atoms with Gasteiger partial charge in [-0.3, -0.25) is 20.0 Å². The lowest BCUT2D eigenvalue weighted by Gasteiger charge is -2.29. The van der Waals surface area contributed by atoms with E-state index < -0.39 is 0 Å². The minimum Gasteiger partial charge on any atom is -0.381 e. The van der Waals surface area contributed by atoms with Gasteiger partial charge in [0.1, 0.15) is 0 Å². The summed E-state index contributed by atoms with van der Waals surface area (Å²) in [4.78, 5) is 10.4. The van der Waals surface area contributed by atoms with Crippen molar-refractivity contribution in [3.05, 3.63) is 126 Å². The van der Waals surface area contributed by atoms with Crippen molar-refractivity contribution in [2.24, 2.45) is 41.4 Å². The number of nitrogens with zero attached hydrogens (tertiary/aromatic N) is 4. The second kappa shape index (κ2) is 46.7. The molecule has 1 aliphatic carbocycles. The molecule has 1 aromatic carbocycles. The van der Waals surface area contributed by atoms with E-state index in [0.29, 0.717) is 35.6 Å². The topological polar surface area (TPSA) is 97.4 Å². The zero-order valence-electron chi connectivity index (χ0n) is 54.8. The molecule has 80 heavy (non-hydrogen) atoms. The predicted octanol–water partition coefficient (Wildman–Crippen LogP) is 18.4. The van der Waals surface area contributed by atoms with Crippen LogP contribution >= 0.6 is 0 Å². The van der Waals surface area contributed by atoms with Crippen LogP contribution in [-0.4, -0.2) is 96.9 Å². The Morgan fingerprint density at radius 2 is 0.950 bits per heavy atom. The Morgan fingerprint density at radius 3 is 1.27 bits per heavy atom. The van der Waals surface area contributed by atoms with E-state index in [4.69, 9.17) is 14.2 Å². The van der Waals surface area contributed by atoms with Crippen LogP contribution < -0.4 is 5.32 Å². The molecule has 0 unspecified atom stereocenters. The van der Waals surface area contributed by atoms with E-state index in [1.54, 1.807) is 11.8 Å². The number of aromatic amines is 1. The van der Waals surface area contributed by atoms with Crippen LogP contribution in [0.1, 0.15) is 235 Å². The lowest BCUT2D eigenvalue weighted by atomic mass is 9.82. The first-order valence-corrected chi connectivity index (χ1v) is 31.9. The van der Waals surface area contributed by atoms with Crippen molar-refractivity contribution in [3.8, 4) is 0 Å². The molecular formula is C71H124N6O3. The summed E-state index contributed by atoms with van der Waals surface area (Å²) in [5, 5.41) is 9.95. The van der Waals surface area contributed by atoms with E-state index in [1.165, 1.54) is 93.1 Å². The number of morpholine rings is 1. The molecule has 4 aromatic rings. The van der Waals surface area contributed by atoms with Crippen LogP contribution in [0.3, 0.4) is 0 Å². The fourth-order valence-corrected chi connectivity index (χ4v) is 9.73. The molecule has 4 fully saturated rings. The fraction of sp³-hybridized carbons (Fsp3) is 0.704. The molecule has 7 heterocycles. The van der Waals surface area contributed by atoms with Crippen molar-refractivity contribution in [1.29, 1.82) is 0 Å². The van der Waals surface area contributed by atoms with Gasteiger partial charge in [0.2, 0.25) is 0 Å². The molecule has 0 radical (unpaired) electrons. The monoisotopic (exact) mass is 1110 g/mol. The molecule has 0 amide bonds. The summed E-state index contributed by atoms with van der Waals surface area (Å²) in [5.74, 6) is 8.84. The number of piperidine rings is 1. The second-order valence-electron chi connectivity index (χ2n) is 25.3. The van der Waals surface area contributed by atoms with Gasteiger partial charge in [0, 0.05) is 63.3 Å². The largest absolute Gasteiger partial charge is 0.381 e. The highest BCUT2D eigenvalue weighted by Gasteiger charge is 2.18. The zero-order valence-corrected chi connectivity index (χ0v) is 54.8. The minimum atomic E-state index is 0.591. The summed E-state index contributed by atoms with van der Waals surface area (Å²) in [6.07, 6.45) is 27.3. The van der Waals surface area contributed by atoms with E-state index in [9.17, 15) is 0 Å². The Balaban J connectivity index is 0.000000450. The zero-order chi connectivity index (χ0) is 59.5. The van der Waals surface area contributed by atoms with E-state index in [-0.39, 0.29) is 0 Å². The van der Waals surface area contributed by atoms with Gasteiger partial charge in [-0.1, -0.05) is 191 Å². The van der Waals surface area contributed by atoms with Crippen LogP contribution in [0, 0.1) is 41.4 Å². The molecule has 0 atom stereocenters. The van der Waals surface area contributed by atoms with Crippen molar-refractivity contribution in [2.75, 3.05) is 65.8 Å². The van der Waals surface area contributed by atoms with Crippen molar-refractivity contribution in [2.45, 2.75) is 219 Å². The summed E-state index contributed by atoms with van der Waals surface area (Å²) >= 11 is 0. The van der Waals surface area contributed by atoms with Crippen molar-refractivity contribution in [1.82, 2.24) is 30.4 Å². The quantitative estimate of drug-likeness (QED) is 0.160. The number of ether oxygens (including phenoxy) is 3. The molecule has 4 aliphatic heterocycles. The molecule has 3 aromatic heterocycles. The number of nitrogens with one attached hydrogen (secondary N) is 2. The third-order valence-electron chi connectivity index (χ3n) is 16.0. The van der Waals surface area contributed by atoms with E-state index in [1.807, 2.05) is 55.2 Å². The number of rotatable bonds is 9. The molecule has 1 saturated carbocycles. The van der Waals surface area contributed by atoms with Crippen LogP contribution in [0.5, 0.6) is 0 Å². The third-order valence-corrected chi connectivity index (χ3v) is 16.0. The maximum absolute atomic E-state index is 5.25. The fourth-order valence-electron chi connectivity index (χ4n) is 9.73. The van der Waals surface area contributed by atoms with Crippen LogP contribution in [0.2, 0.25) is 0 Å². The van der Waals surface area contributed by atoms with Gasteiger partial charge in [-0.15, -0.1) is 0 Å². The smallest absolute Gasteiger partial charge is 0.0650 e. The summed E-state index contributed by atoms with van der Waals surface area (Å²) in [7, 11) is 0. The third kappa shape index (κ3) is 37.4. The van der Waals surface area contributed by atoms with Gasteiger partial charge in [0.15, 0.2) is 0 Å². The molecular weight excluding hydrogens is 985 g/mol. The molecule has 0 spiro atoms. The number of hydrogen-bond acceptors (Lipinski definition) is 8. The van der Waals surface area contributed by atoms with Gasteiger partial charge in [-0.2, -0.15) is 5.10 Å². The first kappa shape index (κ1) is 74.3. The molecule has 3 saturated heterocycles. The first-order valence-electron chi connectivity index (χ1n) is 31.9. The molecule has 5 aliphatic rings. The Kier molecular flexibility index (Phi) is 43.4. The first-order chi connectivity index (χ1) is 38.2. The highest BCUT2D eigenvalue weighted by molar-refractivity contribution is 5.18. The molecule has 456 valence electrons. The van der Waals surface area contributed by atoms with Gasteiger partial charge in [0.05, 0.1) is 32.6 Å². The highest BCUT2D eigenvalue weighted by Crippen LogP contribution is 2.29. The average molecular weight is 1110 g/mol. The Morgan fingerprint density at radius 1 is 0.450 bits per heavy atom. The maximum atomic E-state index is 5.25. The Hall–Kier alpha value is -3.73. The lowest BCUT2D eigenvalue weighted by molar-refractivity contribution is 0.0238. The Bertz CT molecular complexity index is 1750. The average Bonchev–Trinajstić information content (AvgIpc) is 4.05. The second-order valence-corrected chi connectivity index (χ2v) is 25.3. The highest BCUT2D eigenvalue weighted by atomic mass is 16.5. The molecule has 9 nitrogen and oxygen atoms in total. The van der Waals surface area contributed by atoms with Gasteiger partial charge in [0.25, 0.3) is 0 Å². The van der Waals surface area contributed by atoms with Crippen molar-refractivity contribution < 1.29 is 14.2 Å². The van der Waals surface area contributed by atoms with Crippen LogP contribution in [-0.2, 0) is 14.2 Å². The Labute approximate surface area is 493 Å². The van der Waals surface area contributed by atoms with E-state index in [0.717, 1.165) is 94.7 Å². The number of H-pyrrole nitrogens is 1. The van der Waals surface area contributed by atoms with Gasteiger partial charge in [-0.25, -0.2) is 0 Å². The van der Waals surface area contributed by atoms with E-state index in [2.05, 4.69) is 191 Å². The summed E-state index contributed by atoms with van der Waals surface area (Å²) in [5.41, 5.74) is 6.89. The van der Waals surface area contributed by atoms with Crippen molar-refractivity contribution >= 4 is 0 Å². The lowest BCUT2D eigenvalue weighted by Crippen LogP contribution is -2.40. The number of benzene rings is 1. The van der Waals surface area contributed by atoms with Gasteiger partial charge >= 0.3 is 0 Å². The van der Waals surface area contributed by atoms with Crippen LogP contribution in [0.25, 0.3) is 0 Å². The van der Waals surface area contributed by atoms with Gasteiger partial charge < -0.3 is 19.5 Å². The standard InChI is InChI=1S/C9H18.C9H12.C8H17N.2C8H11N.C8H16O.C8H14O.C7H15NO.C6H10N2/c2*1-8(2)9-6-4-3-5-7-9;2*1-7(2)8-3-5-9-6-4-8;1-7(2)8-4-3-5-9-6-8;3*1-7(2)8-3-5-9-6-4-8;1-5(2)6-3-7-8-4-6/h8-9H,3-7H2,1-2H3;3-8H,1-2H3;7-9H,3-6H2,1-2H3;2*3-7H,1-2H3;7-8H,3-6H2,1-2H3;3,7H,4-6H2,1-2H3;7H,3-6H2,1-2H3;3-5H,1-2H3,(H,7,8). The van der Waals surface area contributed by atoms with Crippen LogP contribution in [0.4, 0.5) is 0 Å². The van der Waals surface area contributed by atoms with Gasteiger partial charge in [-0.05, 0) is 165 Å². The number of aromatic nitrogens is 4. The molecule has 9 heteroatoms. The van der Waals surface area contributed by atoms with Crippen molar-refractivity contribution in [3.63, 3.8) is 0 Å². The molecule has 2 N–H and O–H groups in total. The summed E-state index contributed by atoms with van der Waals surface area (Å²) < 4.78 is 15.6. The maximum Gasteiger partial charge on any atom is 0.0650 e. The summed E-state index contributed by atoms with van der Waals surface area (Å²) in [6, 6.07) is 19.4. The minimum absolute atomic E-state index is 0.591. The SMILES string of the molecule is CC(C)C1=CCOCC1.CC(C)C1CCCCC1.CC(C)C1CCNCC1.CC(C)C1CCOCC1.CC(C)N1CCOCC1.CC(C)c1ccccc1.CC(C)c1cccnc1.CC(C)c1ccncc1.CC(C)c1cn[nH]c1. The summed E-state index contributed by atoms with van der Waals surface area (Å²) in [6.45, 7) is 50.5. The normalized spacial score (nSPS) is 17.1. The number of pyridine rings is 2. The predicted molar refractivity (Wildman–Crippen MR) is 346 cm³/mol. The van der Waals surface area contributed by atoms with E-state index >= 15 is 0 Å². The number of hydrogen-bond donors (Lipinski definition) is 2. The van der Waals surface area contributed by atoms with Crippen LogP contribution in [0.15, 0.2) is 103 Å². The molecule has 9 rings (SSSR count). The molecule has 0 bridgehead atoms.